The smallest absolute Gasteiger partial charge is 0.258 e. The van der Waals surface area contributed by atoms with Gasteiger partial charge in [-0.05, 0) is 72.8 Å². The summed E-state index contributed by atoms with van der Waals surface area (Å²) < 4.78 is 0. The lowest BCUT2D eigenvalue weighted by molar-refractivity contribution is 0.0985. The van der Waals surface area contributed by atoms with Crippen molar-refractivity contribution in [3.05, 3.63) is 110 Å². The molecule has 0 atom stereocenters. The first-order valence-corrected chi connectivity index (χ1v) is 10.1. The first-order valence-electron chi connectivity index (χ1n) is 9.68. The van der Waals surface area contributed by atoms with Crippen LogP contribution in [0.4, 0.5) is 5.69 Å². The number of aromatic amines is 1. The van der Waals surface area contributed by atoms with Crippen molar-refractivity contribution in [2.75, 3.05) is 4.90 Å². The Kier molecular flexibility index (Phi) is 5.42. The molecule has 0 aliphatic carbocycles. The summed E-state index contributed by atoms with van der Waals surface area (Å²) in [7, 11) is 0. The highest BCUT2D eigenvalue weighted by Crippen LogP contribution is 2.23. The zero-order valence-corrected chi connectivity index (χ0v) is 17.5. The van der Waals surface area contributed by atoms with Gasteiger partial charge in [-0.3, -0.25) is 9.59 Å². The second-order valence-corrected chi connectivity index (χ2v) is 7.84. The number of carbonyl (C=O) groups is 1. The molecule has 0 radical (unpaired) electrons. The number of pyridine rings is 1. The predicted molar refractivity (Wildman–Crippen MR) is 122 cm³/mol. The molecule has 4 aromatic rings. The van der Waals surface area contributed by atoms with Crippen LogP contribution in [0.3, 0.4) is 0 Å². The van der Waals surface area contributed by atoms with Gasteiger partial charge in [0.25, 0.3) is 11.5 Å². The van der Waals surface area contributed by atoms with Crippen LogP contribution < -0.4 is 10.5 Å². The minimum atomic E-state index is -0.196. The third-order valence-corrected chi connectivity index (χ3v) is 5.40. The number of nitrogens with zero attached hydrogens (tertiary/aromatic N) is 1. The fourth-order valence-electron chi connectivity index (χ4n) is 3.54. The van der Waals surface area contributed by atoms with Crippen molar-refractivity contribution in [2.24, 2.45) is 0 Å². The van der Waals surface area contributed by atoms with Crippen molar-refractivity contribution in [3.63, 3.8) is 0 Å². The Morgan fingerprint density at radius 1 is 0.967 bits per heavy atom. The van der Waals surface area contributed by atoms with E-state index >= 15 is 0 Å². The Balaban J connectivity index is 1.79. The van der Waals surface area contributed by atoms with E-state index in [2.05, 4.69) is 4.98 Å². The molecule has 0 fully saturated rings. The number of aryl methyl sites for hydroxylation is 2. The monoisotopic (exact) mass is 416 g/mol. The van der Waals surface area contributed by atoms with E-state index in [0.29, 0.717) is 16.1 Å². The quantitative estimate of drug-likeness (QED) is 0.467. The third kappa shape index (κ3) is 4.00. The SMILES string of the molecule is Cc1cccc(N(Cc2cc3cccc(C)c3[nH]c2=O)C(=O)c2ccc(Cl)cc2)c1. The molecular weight excluding hydrogens is 396 g/mol. The molecule has 3 aromatic carbocycles. The van der Waals surface area contributed by atoms with Gasteiger partial charge in [0.1, 0.15) is 0 Å². The van der Waals surface area contributed by atoms with Crippen LogP contribution in [-0.4, -0.2) is 10.9 Å². The van der Waals surface area contributed by atoms with Crippen LogP contribution in [0.5, 0.6) is 0 Å². The number of carbonyl (C=O) groups excluding carboxylic acids is 1. The van der Waals surface area contributed by atoms with E-state index < -0.39 is 0 Å². The van der Waals surface area contributed by atoms with E-state index in [1.54, 1.807) is 29.2 Å². The Labute approximate surface area is 179 Å². The standard InChI is InChI=1S/C25H21ClN2O2/c1-16-5-3-8-22(13-16)28(25(30)18-9-11-21(26)12-10-18)15-20-14-19-7-4-6-17(2)23(19)27-24(20)29/h3-14H,15H2,1-2H3,(H,27,29). The third-order valence-electron chi connectivity index (χ3n) is 5.14. The normalized spacial score (nSPS) is 10.9. The molecule has 0 saturated carbocycles. The van der Waals surface area contributed by atoms with Crippen molar-refractivity contribution in [2.45, 2.75) is 20.4 Å². The van der Waals surface area contributed by atoms with Crippen molar-refractivity contribution in [1.82, 2.24) is 4.98 Å². The molecule has 0 spiro atoms. The number of anilines is 1. The zero-order chi connectivity index (χ0) is 21.3. The summed E-state index contributed by atoms with van der Waals surface area (Å²) in [5.41, 5.74) is 4.42. The summed E-state index contributed by atoms with van der Waals surface area (Å²) in [4.78, 5) is 30.8. The summed E-state index contributed by atoms with van der Waals surface area (Å²) in [6, 6.07) is 22.2. The molecule has 4 nitrogen and oxygen atoms in total. The molecule has 30 heavy (non-hydrogen) atoms. The molecule has 1 amide bonds. The highest BCUT2D eigenvalue weighted by Gasteiger charge is 2.20. The van der Waals surface area contributed by atoms with Gasteiger partial charge in [0.2, 0.25) is 0 Å². The molecule has 4 rings (SSSR count). The van der Waals surface area contributed by atoms with E-state index in [0.717, 1.165) is 27.7 Å². The van der Waals surface area contributed by atoms with Crippen molar-refractivity contribution in [1.29, 1.82) is 0 Å². The zero-order valence-electron chi connectivity index (χ0n) is 16.8. The first-order chi connectivity index (χ1) is 14.4. The van der Waals surface area contributed by atoms with Gasteiger partial charge in [0, 0.05) is 21.8 Å². The fourth-order valence-corrected chi connectivity index (χ4v) is 3.67. The second kappa shape index (κ2) is 8.17. The Morgan fingerprint density at radius 2 is 1.70 bits per heavy atom. The lowest BCUT2D eigenvalue weighted by Crippen LogP contribution is -2.33. The molecule has 1 heterocycles. The van der Waals surface area contributed by atoms with Gasteiger partial charge in [-0.1, -0.05) is 41.9 Å². The van der Waals surface area contributed by atoms with Crippen LogP contribution in [-0.2, 0) is 6.54 Å². The van der Waals surface area contributed by atoms with E-state index in [9.17, 15) is 9.59 Å². The number of H-pyrrole nitrogens is 1. The van der Waals surface area contributed by atoms with Gasteiger partial charge in [-0.25, -0.2) is 0 Å². The maximum absolute atomic E-state index is 13.4. The number of amides is 1. The van der Waals surface area contributed by atoms with Gasteiger partial charge in [0.05, 0.1) is 12.1 Å². The highest BCUT2D eigenvalue weighted by molar-refractivity contribution is 6.30. The molecule has 1 N–H and O–H groups in total. The number of aromatic nitrogens is 1. The van der Waals surface area contributed by atoms with Crippen LogP contribution >= 0.6 is 11.6 Å². The Bertz CT molecular complexity index is 1290. The molecule has 5 heteroatoms. The van der Waals surface area contributed by atoms with Crippen molar-refractivity contribution < 1.29 is 4.79 Å². The van der Waals surface area contributed by atoms with Gasteiger partial charge >= 0.3 is 0 Å². The lowest BCUT2D eigenvalue weighted by atomic mass is 10.1. The van der Waals surface area contributed by atoms with Gasteiger partial charge in [0.15, 0.2) is 0 Å². The molecule has 150 valence electrons. The van der Waals surface area contributed by atoms with Crippen LogP contribution in [0.15, 0.2) is 77.6 Å². The average molecular weight is 417 g/mol. The number of para-hydroxylation sites is 1. The first kappa shape index (κ1) is 19.9. The van der Waals surface area contributed by atoms with E-state index in [1.807, 2.05) is 62.4 Å². The van der Waals surface area contributed by atoms with Gasteiger partial charge < -0.3 is 9.88 Å². The maximum Gasteiger partial charge on any atom is 0.258 e. The number of benzene rings is 3. The van der Waals surface area contributed by atoms with Crippen molar-refractivity contribution >= 4 is 34.1 Å². The van der Waals surface area contributed by atoms with Gasteiger partial charge in [-0.15, -0.1) is 0 Å². The summed E-state index contributed by atoms with van der Waals surface area (Å²) >= 11 is 5.98. The molecule has 0 aliphatic rings. The number of rotatable bonds is 4. The van der Waals surface area contributed by atoms with Crippen LogP contribution in [0.2, 0.25) is 5.02 Å². The molecule has 0 saturated heterocycles. The van der Waals surface area contributed by atoms with Crippen LogP contribution in [0, 0.1) is 13.8 Å². The molecular formula is C25H21ClN2O2. The van der Waals surface area contributed by atoms with E-state index in [-0.39, 0.29) is 18.0 Å². The summed E-state index contributed by atoms with van der Waals surface area (Å²) in [6.45, 7) is 4.09. The molecule has 0 aliphatic heterocycles. The second-order valence-electron chi connectivity index (χ2n) is 7.40. The number of nitrogens with one attached hydrogen (secondary N) is 1. The summed E-state index contributed by atoms with van der Waals surface area (Å²) in [5, 5.41) is 1.50. The maximum atomic E-state index is 13.4. The minimum absolute atomic E-state index is 0.157. The topological polar surface area (TPSA) is 53.2 Å². The molecule has 0 unspecified atom stereocenters. The highest BCUT2D eigenvalue weighted by atomic mass is 35.5. The summed E-state index contributed by atoms with van der Waals surface area (Å²) in [6.07, 6.45) is 0. The number of halogens is 1. The fraction of sp³-hybridized carbons (Fsp3) is 0.120. The van der Waals surface area contributed by atoms with Crippen LogP contribution in [0.25, 0.3) is 10.9 Å². The van der Waals surface area contributed by atoms with E-state index in [4.69, 9.17) is 11.6 Å². The van der Waals surface area contributed by atoms with Crippen molar-refractivity contribution in [3.8, 4) is 0 Å². The Hall–Kier alpha value is -3.37. The largest absolute Gasteiger partial charge is 0.321 e. The minimum Gasteiger partial charge on any atom is -0.321 e. The average Bonchev–Trinajstić information content (AvgIpc) is 2.73. The molecule has 1 aromatic heterocycles. The number of hydrogen-bond donors (Lipinski definition) is 1. The Morgan fingerprint density at radius 3 is 2.43 bits per heavy atom. The molecule has 0 bridgehead atoms. The van der Waals surface area contributed by atoms with Crippen LogP contribution in [0.1, 0.15) is 27.0 Å². The predicted octanol–water partition coefficient (Wildman–Crippen LogP) is 5.65. The number of hydrogen-bond acceptors (Lipinski definition) is 2. The van der Waals surface area contributed by atoms with E-state index in [1.165, 1.54) is 0 Å². The van der Waals surface area contributed by atoms with Gasteiger partial charge in [-0.2, -0.15) is 0 Å². The number of fused-ring (bicyclic) bond motifs is 1. The lowest BCUT2D eigenvalue weighted by Gasteiger charge is -2.23. The summed E-state index contributed by atoms with van der Waals surface area (Å²) in [5.74, 6) is -0.194.